The standard InChI is InChI=1S/C24H30N2O3.ClH/c1-28-19-7-3-17(4-8-19)15-22(18-5-9-20(29-2)10-6-18)26-23(27)21-16-24(21)11-13-25-14-12-24;/h3-10,21-22,25H,11-16H2,1-2H3,(H,26,27);1H. The van der Waals surface area contributed by atoms with Crippen LogP contribution in [0.15, 0.2) is 48.5 Å². The van der Waals surface area contributed by atoms with Crippen LogP contribution < -0.4 is 20.1 Å². The first-order chi connectivity index (χ1) is 14.1. The monoisotopic (exact) mass is 430 g/mol. The molecule has 2 unspecified atom stereocenters. The van der Waals surface area contributed by atoms with Gasteiger partial charge in [-0.1, -0.05) is 24.3 Å². The van der Waals surface area contributed by atoms with Crippen LogP contribution in [0, 0.1) is 11.3 Å². The van der Waals surface area contributed by atoms with Crippen LogP contribution >= 0.6 is 12.4 Å². The molecule has 0 aromatic heterocycles. The second-order valence-corrected chi connectivity index (χ2v) is 8.26. The number of rotatable bonds is 7. The Morgan fingerprint density at radius 2 is 1.60 bits per heavy atom. The Morgan fingerprint density at radius 3 is 2.17 bits per heavy atom. The summed E-state index contributed by atoms with van der Waals surface area (Å²) in [6.07, 6.45) is 3.98. The lowest BCUT2D eigenvalue weighted by molar-refractivity contribution is -0.124. The van der Waals surface area contributed by atoms with Crippen LogP contribution in [0.4, 0.5) is 0 Å². The summed E-state index contributed by atoms with van der Waals surface area (Å²) < 4.78 is 10.6. The third-order valence-electron chi connectivity index (χ3n) is 6.54. The number of benzene rings is 2. The van der Waals surface area contributed by atoms with Gasteiger partial charge >= 0.3 is 0 Å². The lowest BCUT2D eigenvalue weighted by atomic mass is 9.91. The van der Waals surface area contributed by atoms with Crippen LogP contribution in [0.2, 0.25) is 0 Å². The Morgan fingerprint density at radius 1 is 1.03 bits per heavy atom. The molecule has 1 aliphatic heterocycles. The van der Waals surface area contributed by atoms with Crippen molar-refractivity contribution in [2.75, 3.05) is 27.3 Å². The van der Waals surface area contributed by atoms with Gasteiger partial charge in [-0.2, -0.15) is 0 Å². The maximum atomic E-state index is 13.1. The zero-order valence-electron chi connectivity index (χ0n) is 17.6. The summed E-state index contributed by atoms with van der Waals surface area (Å²) in [5, 5.41) is 6.76. The predicted octanol–water partition coefficient (Wildman–Crippen LogP) is 3.92. The fourth-order valence-corrected chi connectivity index (χ4v) is 4.55. The topological polar surface area (TPSA) is 59.6 Å². The van der Waals surface area contributed by atoms with Gasteiger partial charge in [0.25, 0.3) is 0 Å². The second kappa shape index (κ2) is 9.71. The van der Waals surface area contributed by atoms with E-state index in [1.807, 2.05) is 36.4 Å². The Balaban J connectivity index is 0.00000256. The average Bonchev–Trinajstić information content (AvgIpc) is 3.47. The molecule has 1 saturated carbocycles. The third-order valence-corrected chi connectivity index (χ3v) is 6.54. The van der Waals surface area contributed by atoms with Gasteiger partial charge in [0.2, 0.25) is 5.91 Å². The second-order valence-electron chi connectivity index (χ2n) is 8.26. The Bertz CT molecular complexity index is 833. The van der Waals surface area contributed by atoms with Gasteiger partial charge in [-0.15, -0.1) is 12.4 Å². The van der Waals surface area contributed by atoms with Gasteiger partial charge in [0, 0.05) is 5.92 Å². The van der Waals surface area contributed by atoms with Gasteiger partial charge in [-0.25, -0.2) is 0 Å². The van der Waals surface area contributed by atoms with Crippen molar-refractivity contribution in [3.8, 4) is 11.5 Å². The summed E-state index contributed by atoms with van der Waals surface area (Å²) in [6, 6.07) is 16.0. The number of piperidine rings is 1. The molecule has 0 bridgehead atoms. The molecule has 2 N–H and O–H groups in total. The number of nitrogens with one attached hydrogen (secondary N) is 2. The molecule has 2 aromatic rings. The predicted molar refractivity (Wildman–Crippen MR) is 120 cm³/mol. The normalized spacial score (nSPS) is 20.0. The molecule has 30 heavy (non-hydrogen) atoms. The van der Waals surface area contributed by atoms with Crippen LogP contribution in [0.25, 0.3) is 0 Å². The number of amides is 1. The van der Waals surface area contributed by atoms with Crippen molar-refractivity contribution in [3.05, 3.63) is 59.7 Å². The number of carbonyl (C=O) groups excluding carboxylic acids is 1. The SMILES string of the molecule is COc1ccc(CC(NC(=O)C2CC23CCNCC3)c2ccc(OC)cc2)cc1.Cl. The molecule has 5 nitrogen and oxygen atoms in total. The first-order valence-electron chi connectivity index (χ1n) is 10.4. The van der Waals surface area contributed by atoms with E-state index in [-0.39, 0.29) is 35.7 Å². The van der Waals surface area contributed by atoms with Gasteiger partial charge in [-0.05, 0) is 79.6 Å². The van der Waals surface area contributed by atoms with Gasteiger partial charge in [0.1, 0.15) is 11.5 Å². The smallest absolute Gasteiger partial charge is 0.224 e. The van der Waals surface area contributed by atoms with Crippen molar-refractivity contribution in [1.82, 2.24) is 10.6 Å². The summed E-state index contributed by atoms with van der Waals surface area (Å²) in [4.78, 5) is 13.1. The van der Waals surface area contributed by atoms with E-state index < -0.39 is 0 Å². The average molecular weight is 431 g/mol. The highest BCUT2D eigenvalue weighted by Gasteiger charge is 2.57. The first kappa shape index (κ1) is 22.4. The minimum absolute atomic E-state index is 0. The number of hydrogen-bond acceptors (Lipinski definition) is 4. The number of hydrogen-bond donors (Lipinski definition) is 2. The van der Waals surface area contributed by atoms with Crippen molar-refractivity contribution in [2.24, 2.45) is 11.3 Å². The van der Waals surface area contributed by atoms with Crippen molar-refractivity contribution in [3.63, 3.8) is 0 Å². The molecule has 2 aromatic carbocycles. The molecule has 2 atom stereocenters. The lowest BCUT2D eigenvalue weighted by Crippen LogP contribution is -2.35. The van der Waals surface area contributed by atoms with E-state index in [0.29, 0.717) is 0 Å². The number of halogens is 1. The maximum absolute atomic E-state index is 13.1. The van der Waals surface area contributed by atoms with Gasteiger partial charge in [-0.3, -0.25) is 4.79 Å². The highest BCUT2D eigenvalue weighted by Crippen LogP contribution is 2.58. The summed E-state index contributed by atoms with van der Waals surface area (Å²) in [5.74, 6) is 2.01. The zero-order chi connectivity index (χ0) is 20.3. The molecule has 1 amide bonds. The van der Waals surface area contributed by atoms with E-state index in [0.717, 1.165) is 55.8 Å². The summed E-state index contributed by atoms with van der Waals surface area (Å²) in [6.45, 7) is 2.05. The first-order valence-corrected chi connectivity index (χ1v) is 10.4. The molecule has 1 heterocycles. The zero-order valence-corrected chi connectivity index (χ0v) is 18.5. The molecule has 2 fully saturated rings. The van der Waals surface area contributed by atoms with Crippen molar-refractivity contribution in [1.29, 1.82) is 0 Å². The van der Waals surface area contributed by atoms with E-state index in [4.69, 9.17) is 9.47 Å². The maximum Gasteiger partial charge on any atom is 0.224 e. The quantitative estimate of drug-likeness (QED) is 0.699. The van der Waals surface area contributed by atoms with E-state index in [1.165, 1.54) is 5.56 Å². The van der Waals surface area contributed by atoms with Crippen LogP contribution in [-0.4, -0.2) is 33.2 Å². The van der Waals surface area contributed by atoms with Crippen LogP contribution in [0.3, 0.4) is 0 Å². The van der Waals surface area contributed by atoms with E-state index in [2.05, 4.69) is 22.8 Å². The van der Waals surface area contributed by atoms with E-state index >= 15 is 0 Å². The Labute approximate surface area is 184 Å². The Hall–Kier alpha value is -2.24. The molecule has 2 aliphatic rings. The Kier molecular flexibility index (Phi) is 7.27. The highest BCUT2D eigenvalue weighted by atomic mass is 35.5. The third kappa shape index (κ3) is 4.90. The largest absolute Gasteiger partial charge is 0.497 e. The van der Waals surface area contributed by atoms with E-state index in [9.17, 15) is 4.79 Å². The van der Waals surface area contributed by atoms with Crippen molar-refractivity contribution >= 4 is 18.3 Å². The molecule has 6 heteroatoms. The summed E-state index contributed by atoms with van der Waals surface area (Å²) in [7, 11) is 3.33. The summed E-state index contributed by atoms with van der Waals surface area (Å²) in [5.41, 5.74) is 2.49. The molecule has 4 rings (SSSR count). The minimum Gasteiger partial charge on any atom is -0.497 e. The summed E-state index contributed by atoms with van der Waals surface area (Å²) >= 11 is 0. The molecular formula is C24H31ClN2O3. The molecule has 1 spiro atoms. The minimum atomic E-state index is -0.0684. The molecule has 1 aliphatic carbocycles. The van der Waals surface area contributed by atoms with Crippen molar-refractivity contribution in [2.45, 2.75) is 31.7 Å². The van der Waals surface area contributed by atoms with Gasteiger partial charge in [0.05, 0.1) is 20.3 Å². The fraction of sp³-hybridized carbons (Fsp3) is 0.458. The molecular weight excluding hydrogens is 400 g/mol. The molecule has 0 radical (unpaired) electrons. The van der Waals surface area contributed by atoms with Crippen molar-refractivity contribution < 1.29 is 14.3 Å². The number of ether oxygens (including phenoxy) is 2. The molecule has 1 saturated heterocycles. The highest BCUT2D eigenvalue weighted by molar-refractivity contribution is 5.85. The molecule has 162 valence electrons. The van der Waals surface area contributed by atoms with Gasteiger partial charge in [0.15, 0.2) is 0 Å². The lowest BCUT2D eigenvalue weighted by Gasteiger charge is -2.25. The fourth-order valence-electron chi connectivity index (χ4n) is 4.55. The van der Waals surface area contributed by atoms with Crippen LogP contribution in [-0.2, 0) is 11.2 Å². The van der Waals surface area contributed by atoms with E-state index in [1.54, 1.807) is 14.2 Å². The van der Waals surface area contributed by atoms with Gasteiger partial charge < -0.3 is 20.1 Å². The van der Waals surface area contributed by atoms with Crippen LogP contribution in [0.5, 0.6) is 11.5 Å². The van der Waals surface area contributed by atoms with Crippen LogP contribution in [0.1, 0.15) is 36.4 Å². The number of methoxy groups -OCH3 is 2. The number of carbonyl (C=O) groups is 1.